The molecule has 7 heteroatoms. The van der Waals surface area contributed by atoms with Crippen LogP contribution < -0.4 is 10.5 Å². The van der Waals surface area contributed by atoms with Crippen LogP contribution >= 0.6 is 0 Å². The van der Waals surface area contributed by atoms with E-state index in [0.29, 0.717) is 22.7 Å². The molecule has 2 aromatic heterocycles. The summed E-state index contributed by atoms with van der Waals surface area (Å²) in [4.78, 5) is 8.11. The maximum absolute atomic E-state index is 12.9. The summed E-state index contributed by atoms with van der Waals surface area (Å²) >= 11 is 0. The number of benzene rings is 1. The Labute approximate surface area is 119 Å². The monoisotopic (exact) mass is 286 g/mol. The number of halogens is 1. The minimum atomic E-state index is -0.431. The second-order valence-electron chi connectivity index (χ2n) is 4.24. The van der Waals surface area contributed by atoms with Crippen LogP contribution in [0.4, 0.5) is 10.1 Å². The normalized spacial score (nSPS) is 10.6. The van der Waals surface area contributed by atoms with Crippen molar-refractivity contribution in [3.05, 3.63) is 42.3 Å². The zero-order valence-corrected chi connectivity index (χ0v) is 11.1. The largest absolute Gasteiger partial charge is 0.497 e. The number of hydrogen-bond acceptors (Lipinski definition) is 6. The van der Waals surface area contributed by atoms with Crippen molar-refractivity contribution in [3.63, 3.8) is 0 Å². The van der Waals surface area contributed by atoms with Gasteiger partial charge in [0.05, 0.1) is 18.9 Å². The standard InChI is InChI=1S/C14H11FN4O2/c1-20-9-3-4-11(16)10(6-9)14-18-13(19-21-14)12-5-2-8(15)7-17-12/h2-7H,16H2,1H3. The molecule has 0 aliphatic carbocycles. The number of hydrogen-bond donors (Lipinski definition) is 1. The highest BCUT2D eigenvalue weighted by molar-refractivity contribution is 5.72. The van der Waals surface area contributed by atoms with Gasteiger partial charge < -0.3 is 15.0 Å². The molecular weight excluding hydrogens is 275 g/mol. The minimum Gasteiger partial charge on any atom is -0.497 e. The fourth-order valence-electron chi connectivity index (χ4n) is 1.79. The topological polar surface area (TPSA) is 87.1 Å². The number of pyridine rings is 1. The van der Waals surface area contributed by atoms with Crippen LogP contribution in [0.15, 0.2) is 41.1 Å². The summed E-state index contributed by atoms with van der Waals surface area (Å²) in [7, 11) is 1.55. The molecule has 3 aromatic rings. The predicted octanol–water partition coefficient (Wildman–Crippen LogP) is 2.53. The highest BCUT2D eigenvalue weighted by Crippen LogP contribution is 2.29. The van der Waals surface area contributed by atoms with Crippen molar-refractivity contribution in [3.8, 4) is 28.7 Å². The van der Waals surface area contributed by atoms with Gasteiger partial charge in [0, 0.05) is 5.69 Å². The van der Waals surface area contributed by atoms with Gasteiger partial charge >= 0.3 is 0 Å². The van der Waals surface area contributed by atoms with Crippen molar-refractivity contribution in [2.45, 2.75) is 0 Å². The Kier molecular flexibility index (Phi) is 3.23. The van der Waals surface area contributed by atoms with Crippen molar-refractivity contribution >= 4 is 5.69 Å². The van der Waals surface area contributed by atoms with Gasteiger partial charge in [0.1, 0.15) is 17.3 Å². The molecule has 0 bridgehead atoms. The molecule has 3 rings (SSSR count). The maximum atomic E-state index is 12.9. The number of nitrogen functional groups attached to an aromatic ring is 1. The predicted molar refractivity (Wildman–Crippen MR) is 73.9 cm³/mol. The number of ether oxygens (including phenoxy) is 1. The Hall–Kier alpha value is -2.96. The van der Waals surface area contributed by atoms with E-state index in [1.54, 1.807) is 25.3 Å². The van der Waals surface area contributed by atoms with E-state index in [2.05, 4.69) is 15.1 Å². The Bertz CT molecular complexity index is 771. The highest BCUT2D eigenvalue weighted by atomic mass is 19.1. The lowest BCUT2D eigenvalue weighted by atomic mass is 10.1. The molecule has 106 valence electrons. The summed E-state index contributed by atoms with van der Waals surface area (Å²) in [6, 6.07) is 7.87. The molecular formula is C14H11FN4O2. The lowest BCUT2D eigenvalue weighted by Crippen LogP contribution is -1.92. The molecule has 0 fully saturated rings. The first-order chi connectivity index (χ1) is 10.2. The molecule has 0 aliphatic heterocycles. The van der Waals surface area contributed by atoms with Crippen LogP contribution in [0, 0.1) is 5.82 Å². The Balaban J connectivity index is 2.00. The van der Waals surface area contributed by atoms with Gasteiger partial charge in [-0.25, -0.2) is 9.37 Å². The summed E-state index contributed by atoms with van der Waals surface area (Å²) in [5, 5.41) is 3.82. The molecule has 0 atom stereocenters. The highest BCUT2D eigenvalue weighted by Gasteiger charge is 2.14. The molecule has 2 N–H and O–H groups in total. The smallest absolute Gasteiger partial charge is 0.260 e. The first-order valence-corrected chi connectivity index (χ1v) is 6.07. The van der Waals surface area contributed by atoms with Crippen LogP contribution in [0.1, 0.15) is 0 Å². The Morgan fingerprint density at radius 3 is 2.81 bits per heavy atom. The van der Waals surface area contributed by atoms with Crippen LogP contribution in [-0.2, 0) is 0 Å². The van der Waals surface area contributed by atoms with Crippen molar-refractivity contribution in [2.24, 2.45) is 0 Å². The van der Waals surface area contributed by atoms with E-state index in [1.165, 1.54) is 12.1 Å². The Morgan fingerprint density at radius 1 is 1.24 bits per heavy atom. The summed E-state index contributed by atoms with van der Waals surface area (Å²) in [5.74, 6) is 0.693. The molecule has 6 nitrogen and oxygen atoms in total. The van der Waals surface area contributed by atoms with Crippen LogP contribution in [0.3, 0.4) is 0 Å². The lowest BCUT2D eigenvalue weighted by molar-refractivity contribution is 0.413. The van der Waals surface area contributed by atoms with Crippen molar-refractivity contribution in [1.29, 1.82) is 0 Å². The fraction of sp³-hybridized carbons (Fsp3) is 0.0714. The van der Waals surface area contributed by atoms with E-state index in [9.17, 15) is 4.39 Å². The van der Waals surface area contributed by atoms with E-state index in [1.807, 2.05) is 0 Å². The van der Waals surface area contributed by atoms with Crippen molar-refractivity contribution in [2.75, 3.05) is 12.8 Å². The van der Waals surface area contributed by atoms with Gasteiger partial charge in [-0.1, -0.05) is 5.16 Å². The van der Waals surface area contributed by atoms with E-state index in [0.717, 1.165) is 6.20 Å². The molecule has 0 saturated carbocycles. The molecule has 2 heterocycles. The zero-order chi connectivity index (χ0) is 14.8. The molecule has 21 heavy (non-hydrogen) atoms. The summed E-state index contributed by atoms with van der Waals surface area (Å²) in [6.07, 6.45) is 1.09. The van der Waals surface area contributed by atoms with E-state index in [-0.39, 0.29) is 11.7 Å². The lowest BCUT2D eigenvalue weighted by Gasteiger charge is -2.03. The molecule has 1 aromatic carbocycles. The molecule has 0 aliphatic rings. The number of aromatic nitrogens is 3. The van der Waals surface area contributed by atoms with Crippen molar-refractivity contribution in [1.82, 2.24) is 15.1 Å². The summed E-state index contributed by atoms with van der Waals surface area (Å²) in [6.45, 7) is 0. The third-order valence-corrected chi connectivity index (χ3v) is 2.87. The molecule has 0 saturated heterocycles. The van der Waals surface area contributed by atoms with Crippen molar-refractivity contribution < 1.29 is 13.7 Å². The van der Waals surface area contributed by atoms with Gasteiger partial charge in [-0.3, -0.25) is 0 Å². The summed E-state index contributed by atoms with van der Waals surface area (Å²) < 4.78 is 23.2. The van der Waals surface area contributed by atoms with Gasteiger partial charge in [0.2, 0.25) is 5.82 Å². The number of anilines is 1. The van der Waals surface area contributed by atoms with Crippen LogP contribution in [-0.4, -0.2) is 22.2 Å². The Morgan fingerprint density at radius 2 is 2.10 bits per heavy atom. The van der Waals surface area contributed by atoms with Gasteiger partial charge in [-0.15, -0.1) is 0 Å². The minimum absolute atomic E-state index is 0.243. The van der Waals surface area contributed by atoms with Gasteiger partial charge in [0.15, 0.2) is 0 Å². The number of methoxy groups -OCH3 is 1. The van der Waals surface area contributed by atoms with Gasteiger partial charge in [0.25, 0.3) is 5.89 Å². The van der Waals surface area contributed by atoms with Gasteiger partial charge in [-0.05, 0) is 30.3 Å². The molecule has 0 spiro atoms. The molecule has 0 amide bonds. The number of nitrogens with zero attached hydrogens (tertiary/aromatic N) is 3. The second-order valence-corrected chi connectivity index (χ2v) is 4.24. The summed E-state index contributed by atoms with van der Waals surface area (Å²) in [5.41, 5.74) is 7.35. The van der Waals surface area contributed by atoms with E-state index >= 15 is 0 Å². The first-order valence-electron chi connectivity index (χ1n) is 6.07. The SMILES string of the molecule is COc1ccc(N)c(-c2nc(-c3ccc(F)cn3)no2)c1. The maximum Gasteiger partial charge on any atom is 0.260 e. The number of rotatable bonds is 3. The number of nitrogens with two attached hydrogens (primary N) is 1. The molecule has 0 radical (unpaired) electrons. The van der Waals surface area contributed by atoms with Gasteiger partial charge in [-0.2, -0.15) is 4.98 Å². The average Bonchev–Trinajstić information content (AvgIpc) is 2.98. The van der Waals surface area contributed by atoms with Crippen LogP contribution in [0.2, 0.25) is 0 Å². The first kappa shape index (κ1) is 13.0. The van der Waals surface area contributed by atoms with Crippen LogP contribution in [0.5, 0.6) is 5.75 Å². The van der Waals surface area contributed by atoms with Crippen LogP contribution in [0.25, 0.3) is 23.0 Å². The van der Waals surface area contributed by atoms with E-state index in [4.69, 9.17) is 15.0 Å². The third kappa shape index (κ3) is 2.53. The van der Waals surface area contributed by atoms with E-state index < -0.39 is 5.82 Å². The quantitative estimate of drug-likeness (QED) is 0.744. The molecule has 0 unspecified atom stereocenters. The second kappa shape index (κ2) is 5.20. The zero-order valence-electron chi connectivity index (χ0n) is 11.1. The average molecular weight is 286 g/mol. The fourth-order valence-corrected chi connectivity index (χ4v) is 1.79. The third-order valence-electron chi connectivity index (χ3n) is 2.87.